The van der Waals surface area contributed by atoms with Gasteiger partial charge in [-0.05, 0) is 6.42 Å². The Morgan fingerprint density at radius 1 is 1.27 bits per heavy atom. The van der Waals surface area contributed by atoms with Crippen LogP contribution in [0.4, 0.5) is 0 Å². The maximum atomic E-state index is 5.91. The molecule has 1 fully saturated rings. The summed E-state index contributed by atoms with van der Waals surface area (Å²) in [4.78, 5) is 6.75. The van der Waals surface area contributed by atoms with Crippen LogP contribution in [0.5, 0.6) is 0 Å². The molecule has 0 aromatic carbocycles. The smallest absolute Gasteiger partial charge is 0.193 e. The Morgan fingerprint density at radius 2 is 2.00 bits per heavy atom. The minimum Gasteiger partial charge on any atom is -0.370 e. The molecule has 2 heterocycles. The molecule has 150 valence electrons. The molecule has 0 saturated carbocycles. The van der Waals surface area contributed by atoms with Crippen molar-refractivity contribution in [2.24, 2.45) is 12.0 Å². The van der Waals surface area contributed by atoms with Crippen molar-refractivity contribution in [3.8, 4) is 0 Å². The number of hydrogen-bond donors (Lipinski definition) is 1. The van der Waals surface area contributed by atoms with Crippen LogP contribution in [0.25, 0.3) is 0 Å². The normalized spacial score (nSPS) is 17.9. The Balaban J connectivity index is 0.00000338. The van der Waals surface area contributed by atoms with E-state index in [0.717, 1.165) is 37.8 Å². The third-order valence-corrected chi connectivity index (χ3v) is 4.74. The first kappa shape index (κ1) is 23.2. The highest BCUT2D eigenvalue weighted by atomic mass is 127. The van der Waals surface area contributed by atoms with Crippen molar-refractivity contribution in [1.82, 2.24) is 20.0 Å². The maximum absolute atomic E-state index is 5.91. The number of nitrogens with one attached hydrogen (secondary N) is 1. The number of aryl methyl sites for hydroxylation is 1. The molecule has 1 N–H and O–H groups in total. The van der Waals surface area contributed by atoms with Crippen LogP contribution in [0.2, 0.25) is 0 Å². The summed E-state index contributed by atoms with van der Waals surface area (Å²) in [7, 11) is 3.80. The molecule has 1 unspecified atom stereocenters. The lowest BCUT2D eigenvalue weighted by atomic mass is 10.1. The fourth-order valence-corrected chi connectivity index (χ4v) is 3.26. The van der Waals surface area contributed by atoms with Crippen molar-refractivity contribution in [1.29, 1.82) is 0 Å². The fourth-order valence-electron chi connectivity index (χ4n) is 3.26. The van der Waals surface area contributed by atoms with Gasteiger partial charge in [-0.3, -0.25) is 9.67 Å². The van der Waals surface area contributed by atoms with E-state index in [0.29, 0.717) is 0 Å². The molecule has 7 heteroatoms. The zero-order valence-electron chi connectivity index (χ0n) is 16.6. The molecular formula is C19H36IN5O. The van der Waals surface area contributed by atoms with E-state index in [1.54, 1.807) is 0 Å². The van der Waals surface area contributed by atoms with E-state index in [-0.39, 0.29) is 30.1 Å². The van der Waals surface area contributed by atoms with Crippen molar-refractivity contribution >= 4 is 29.9 Å². The lowest BCUT2D eigenvalue weighted by Crippen LogP contribution is -2.48. The molecule has 1 aromatic heterocycles. The number of rotatable bonds is 9. The van der Waals surface area contributed by atoms with Crippen LogP contribution >= 0.6 is 24.0 Å². The Hall–Kier alpha value is -0.830. The monoisotopic (exact) mass is 477 g/mol. The van der Waals surface area contributed by atoms with Gasteiger partial charge in [-0.2, -0.15) is 5.10 Å². The second-order valence-corrected chi connectivity index (χ2v) is 6.85. The van der Waals surface area contributed by atoms with Crippen LogP contribution in [-0.4, -0.2) is 53.9 Å². The van der Waals surface area contributed by atoms with Crippen LogP contribution in [-0.2, 0) is 11.8 Å². The Labute approximate surface area is 175 Å². The number of halogens is 1. The molecule has 0 amide bonds. The molecular weight excluding hydrogens is 441 g/mol. The summed E-state index contributed by atoms with van der Waals surface area (Å²) < 4.78 is 7.74. The van der Waals surface area contributed by atoms with Gasteiger partial charge in [0.1, 0.15) is 6.10 Å². The Morgan fingerprint density at radius 3 is 2.65 bits per heavy atom. The van der Waals surface area contributed by atoms with Gasteiger partial charge in [-0.15, -0.1) is 24.0 Å². The summed E-state index contributed by atoms with van der Waals surface area (Å²) in [6.07, 6.45) is 13.3. The first-order valence-corrected chi connectivity index (χ1v) is 9.80. The molecule has 1 aromatic rings. The van der Waals surface area contributed by atoms with E-state index in [9.17, 15) is 0 Å². The first-order chi connectivity index (χ1) is 12.2. The van der Waals surface area contributed by atoms with Gasteiger partial charge in [-0.1, -0.05) is 45.4 Å². The average molecular weight is 477 g/mol. The highest BCUT2D eigenvalue weighted by Crippen LogP contribution is 2.21. The fraction of sp³-hybridized carbons (Fsp3) is 0.789. The second-order valence-electron chi connectivity index (χ2n) is 6.85. The summed E-state index contributed by atoms with van der Waals surface area (Å²) in [5, 5.41) is 7.77. The number of guanidine groups is 1. The van der Waals surface area contributed by atoms with Gasteiger partial charge >= 0.3 is 0 Å². The van der Waals surface area contributed by atoms with Crippen molar-refractivity contribution in [3.63, 3.8) is 0 Å². The summed E-state index contributed by atoms with van der Waals surface area (Å²) in [5.74, 6) is 0.989. The first-order valence-electron chi connectivity index (χ1n) is 9.80. The summed E-state index contributed by atoms with van der Waals surface area (Å²) in [6, 6.07) is 0. The van der Waals surface area contributed by atoms with Gasteiger partial charge in [0.15, 0.2) is 5.96 Å². The Bertz CT molecular complexity index is 520. The van der Waals surface area contributed by atoms with Crippen molar-refractivity contribution in [2.75, 3.05) is 33.3 Å². The molecule has 1 aliphatic rings. The van der Waals surface area contributed by atoms with Crippen LogP contribution in [0.1, 0.15) is 63.5 Å². The molecule has 1 atom stereocenters. The number of hydrogen-bond acceptors (Lipinski definition) is 3. The standard InChI is InChI=1S/C19H35N5O.HI/c1-4-5-6-7-8-9-10-11-21-19(20-2)24-12-13-25-18(16-24)17-14-22-23(3)15-17;/h14-15,18H,4-13,16H2,1-3H3,(H,20,21);1H. The Kier molecular flexibility index (Phi) is 11.9. The van der Waals surface area contributed by atoms with Crippen LogP contribution in [0.3, 0.4) is 0 Å². The van der Waals surface area contributed by atoms with Crippen LogP contribution < -0.4 is 5.32 Å². The third-order valence-electron chi connectivity index (χ3n) is 4.74. The maximum Gasteiger partial charge on any atom is 0.193 e. The van der Waals surface area contributed by atoms with E-state index < -0.39 is 0 Å². The van der Waals surface area contributed by atoms with Crippen molar-refractivity contribution in [2.45, 2.75) is 58.0 Å². The molecule has 0 aliphatic carbocycles. The van der Waals surface area contributed by atoms with E-state index in [1.807, 2.05) is 31.2 Å². The highest BCUT2D eigenvalue weighted by molar-refractivity contribution is 14.0. The number of ether oxygens (including phenoxy) is 1. The number of aromatic nitrogens is 2. The molecule has 6 nitrogen and oxygen atoms in total. The molecule has 26 heavy (non-hydrogen) atoms. The zero-order chi connectivity index (χ0) is 17.9. The number of aliphatic imine (C=N–C) groups is 1. The SMILES string of the molecule is CCCCCCCCCNC(=NC)N1CCOC(c2cnn(C)c2)C1.I. The number of morpholine rings is 1. The quantitative estimate of drug-likeness (QED) is 0.255. The van der Waals surface area contributed by atoms with Gasteiger partial charge < -0.3 is 15.0 Å². The minimum atomic E-state index is 0. The molecule has 0 bridgehead atoms. The minimum absolute atomic E-state index is 0. The largest absolute Gasteiger partial charge is 0.370 e. The van der Waals surface area contributed by atoms with Gasteiger partial charge in [-0.25, -0.2) is 0 Å². The van der Waals surface area contributed by atoms with Gasteiger partial charge in [0.2, 0.25) is 0 Å². The lowest BCUT2D eigenvalue weighted by Gasteiger charge is -2.34. The summed E-state index contributed by atoms with van der Waals surface area (Å²) >= 11 is 0. The highest BCUT2D eigenvalue weighted by Gasteiger charge is 2.24. The average Bonchev–Trinajstić information content (AvgIpc) is 3.07. The molecule has 0 spiro atoms. The van der Waals surface area contributed by atoms with Crippen LogP contribution in [0, 0.1) is 0 Å². The van der Waals surface area contributed by atoms with Gasteiger partial charge in [0, 0.05) is 38.9 Å². The van der Waals surface area contributed by atoms with E-state index in [2.05, 4.69) is 27.2 Å². The van der Waals surface area contributed by atoms with Crippen molar-refractivity contribution < 1.29 is 4.74 Å². The predicted octanol–water partition coefficient (Wildman–Crippen LogP) is 3.74. The number of nitrogens with zero attached hydrogens (tertiary/aromatic N) is 4. The topological polar surface area (TPSA) is 54.7 Å². The molecule has 1 aliphatic heterocycles. The van der Waals surface area contributed by atoms with Gasteiger partial charge in [0.25, 0.3) is 0 Å². The van der Waals surface area contributed by atoms with Crippen LogP contribution in [0.15, 0.2) is 17.4 Å². The predicted molar refractivity (Wildman–Crippen MR) is 118 cm³/mol. The van der Waals surface area contributed by atoms with Gasteiger partial charge in [0.05, 0.1) is 19.3 Å². The third kappa shape index (κ3) is 7.82. The van der Waals surface area contributed by atoms with E-state index in [1.165, 1.54) is 44.9 Å². The molecule has 0 radical (unpaired) electrons. The molecule has 2 rings (SSSR count). The van der Waals surface area contributed by atoms with E-state index >= 15 is 0 Å². The molecule has 1 saturated heterocycles. The summed E-state index contributed by atoms with van der Waals surface area (Å²) in [6.45, 7) is 5.68. The van der Waals surface area contributed by atoms with E-state index in [4.69, 9.17) is 4.74 Å². The zero-order valence-corrected chi connectivity index (χ0v) is 18.9. The lowest BCUT2D eigenvalue weighted by molar-refractivity contribution is -0.00802. The number of unbranched alkanes of at least 4 members (excludes halogenated alkanes) is 6. The van der Waals surface area contributed by atoms with Crippen molar-refractivity contribution in [3.05, 3.63) is 18.0 Å². The second kappa shape index (κ2) is 13.4. The summed E-state index contributed by atoms with van der Waals surface area (Å²) in [5.41, 5.74) is 1.13.